The van der Waals surface area contributed by atoms with Crippen LogP contribution in [0.5, 0.6) is 11.6 Å². The number of hydrogen-bond acceptors (Lipinski definition) is 3. The summed E-state index contributed by atoms with van der Waals surface area (Å²) in [7, 11) is 0. The van der Waals surface area contributed by atoms with E-state index in [2.05, 4.69) is 20.9 Å². The number of benzene rings is 1. The van der Waals surface area contributed by atoms with E-state index in [0.29, 0.717) is 10.5 Å². The van der Waals surface area contributed by atoms with Crippen LogP contribution >= 0.6 is 15.9 Å². The van der Waals surface area contributed by atoms with Crippen molar-refractivity contribution in [1.82, 2.24) is 4.98 Å². The molecule has 1 aromatic heterocycles. The number of amides is 1. The van der Waals surface area contributed by atoms with Crippen molar-refractivity contribution in [3.05, 3.63) is 52.1 Å². The molecule has 0 fully saturated rings. The van der Waals surface area contributed by atoms with Crippen LogP contribution in [0.2, 0.25) is 0 Å². The lowest BCUT2D eigenvalue weighted by atomic mass is 10.2. The lowest BCUT2D eigenvalue weighted by Gasteiger charge is -2.11. The third kappa shape index (κ3) is 3.72. The van der Waals surface area contributed by atoms with Gasteiger partial charge in [-0.2, -0.15) is 13.2 Å². The van der Waals surface area contributed by atoms with E-state index in [1.54, 1.807) is 12.1 Å². The molecule has 0 aliphatic carbocycles. The van der Waals surface area contributed by atoms with Gasteiger partial charge in [0.15, 0.2) is 0 Å². The van der Waals surface area contributed by atoms with Gasteiger partial charge in [0.1, 0.15) is 17.0 Å². The fourth-order valence-corrected chi connectivity index (χ4v) is 1.88. The van der Waals surface area contributed by atoms with Gasteiger partial charge in [0.25, 0.3) is 5.91 Å². The van der Waals surface area contributed by atoms with Crippen LogP contribution in [-0.4, -0.2) is 10.9 Å². The van der Waals surface area contributed by atoms with Crippen LogP contribution < -0.4 is 10.5 Å². The van der Waals surface area contributed by atoms with Crippen LogP contribution in [-0.2, 0) is 6.18 Å². The molecule has 21 heavy (non-hydrogen) atoms. The molecule has 0 bridgehead atoms. The number of nitrogens with zero attached hydrogens (tertiary/aromatic N) is 1. The molecule has 0 saturated carbocycles. The first-order chi connectivity index (χ1) is 9.77. The number of hydrogen-bond donors (Lipinski definition) is 1. The Kier molecular flexibility index (Phi) is 4.17. The molecule has 0 aliphatic rings. The molecule has 1 heterocycles. The molecule has 0 radical (unpaired) electrons. The predicted octanol–water partition coefficient (Wildman–Crippen LogP) is 3.75. The largest absolute Gasteiger partial charge is 0.438 e. The number of pyridine rings is 1. The van der Waals surface area contributed by atoms with Gasteiger partial charge in [-0.15, -0.1) is 0 Å². The maximum atomic E-state index is 12.7. The molecule has 0 atom stereocenters. The van der Waals surface area contributed by atoms with Crippen molar-refractivity contribution >= 4 is 21.8 Å². The molecule has 2 aromatic rings. The molecule has 2 N–H and O–H groups in total. The molecule has 0 unspecified atom stereocenters. The monoisotopic (exact) mass is 360 g/mol. The minimum atomic E-state index is -4.65. The number of nitrogens with two attached hydrogens (primary N) is 1. The van der Waals surface area contributed by atoms with E-state index in [4.69, 9.17) is 10.5 Å². The number of primary amides is 1. The molecule has 1 aromatic carbocycles. The van der Waals surface area contributed by atoms with Gasteiger partial charge in [-0.25, -0.2) is 4.98 Å². The molecule has 8 heteroatoms. The topological polar surface area (TPSA) is 65.2 Å². The van der Waals surface area contributed by atoms with Crippen molar-refractivity contribution in [3.63, 3.8) is 0 Å². The number of aromatic nitrogens is 1. The van der Waals surface area contributed by atoms with Gasteiger partial charge in [-0.3, -0.25) is 4.79 Å². The van der Waals surface area contributed by atoms with Gasteiger partial charge in [0, 0.05) is 4.47 Å². The van der Waals surface area contributed by atoms with Crippen molar-refractivity contribution in [2.75, 3.05) is 0 Å². The van der Waals surface area contributed by atoms with E-state index in [9.17, 15) is 18.0 Å². The Labute approximate surface area is 125 Å². The third-order valence-electron chi connectivity index (χ3n) is 2.43. The second-order valence-electron chi connectivity index (χ2n) is 3.97. The maximum absolute atomic E-state index is 12.7. The predicted molar refractivity (Wildman–Crippen MR) is 72.0 cm³/mol. The first-order valence-corrected chi connectivity index (χ1v) is 6.38. The van der Waals surface area contributed by atoms with E-state index in [-0.39, 0.29) is 11.3 Å². The van der Waals surface area contributed by atoms with Crippen LogP contribution in [0.4, 0.5) is 13.2 Å². The van der Waals surface area contributed by atoms with Gasteiger partial charge in [0.05, 0.1) is 0 Å². The summed E-state index contributed by atoms with van der Waals surface area (Å²) in [4.78, 5) is 14.6. The highest BCUT2D eigenvalue weighted by atomic mass is 79.9. The van der Waals surface area contributed by atoms with Crippen LogP contribution in [0.1, 0.15) is 16.1 Å². The Morgan fingerprint density at radius 3 is 2.52 bits per heavy atom. The average Bonchev–Trinajstić information content (AvgIpc) is 2.37. The van der Waals surface area contributed by atoms with E-state index < -0.39 is 23.7 Å². The first-order valence-electron chi connectivity index (χ1n) is 5.59. The zero-order chi connectivity index (χ0) is 15.6. The van der Waals surface area contributed by atoms with Crippen LogP contribution in [0.3, 0.4) is 0 Å². The smallest absolute Gasteiger partial charge is 0.433 e. The number of rotatable bonds is 3. The Bertz CT molecular complexity index is 689. The van der Waals surface area contributed by atoms with E-state index in [0.717, 1.165) is 6.07 Å². The highest BCUT2D eigenvalue weighted by molar-refractivity contribution is 9.10. The standard InChI is InChI=1S/C13H8BrF3N2O2/c14-7-2-1-3-8(6-7)21-12-9(11(18)20)4-5-10(19-12)13(15,16)17/h1-6H,(H2,18,20). The second-order valence-corrected chi connectivity index (χ2v) is 4.89. The fourth-order valence-electron chi connectivity index (χ4n) is 1.51. The number of carbonyl (C=O) groups excluding carboxylic acids is 1. The third-order valence-corrected chi connectivity index (χ3v) is 2.92. The molecule has 0 aliphatic heterocycles. The summed E-state index contributed by atoms with van der Waals surface area (Å²) in [6.45, 7) is 0. The SMILES string of the molecule is NC(=O)c1ccc(C(F)(F)F)nc1Oc1cccc(Br)c1. The number of halogens is 4. The van der Waals surface area contributed by atoms with Crippen molar-refractivity contribution in [3.8, 4) is 11.6 Å². The van der Waals surface area contributed by atoms with Crippen molar-refractivity contribution in [2.24, 2.45) is 5.73 Å². The zero-order valence-corrected chi connectivity index (χ0v) is 11.9. The molecule has 110 valence electrons. The Morgan fingerprint density at radius 1 is 1.24 bits per heavy atom. The van der Waals surface area contributed by atoms with Crippen LogP contribution in [0, 0.1) is 0 Å². The van der Waals surface area contributed by atoms with Gasteiger partial charge >= 0.3 is 6.18 Å². The van der Waals surface area contributed by atoms with Crippen molar-refractivity contribution in [2.45, 2.75) is 6.18 Å². The van der Waals surface area contributed by atoms with Crippen LogP contribution in [0.25, 0.3) is 0 Å². The summed E-state index contributed by atoms with van der Waals surface area (Å²) in [6, 6.07) is 7.97. The molecule has 2 rings (SSSR count). The molecular formula is C13H8BrF3N2O2. The quantitative estimate of drug-likeness (QED) is 0.906. The lowest BCUT2D eigenvalue weighted by Crippen LogP contribution is -2.16. The fraction of sp³-hybridized carbons (Fsp3) is 0.0769. The molecule has 1 amide bonds. The van der Waals surface area contributed by atoms with Gasteiger partial charge in [-0.05, 0) is 30.3 Å². The second kappa shape index (κ2) is 5.72. The summed E-state index contributed by atoms with van der Waals surface area (Å²) in [5.74, 6) is -1.20. The molecule has 4 nitrogen and oxygen atoms in total. The first kappa shape index (κ1) is 15.3. The van der Waals surface area contributed by atoms with Gasteiger partial charge in [-0.1, -0.05) is 22.0 Å². The molecule has 0 spiro atoms. The number of carbonyl (C=O) groups is 1. The summed E-state index contributed by atoms with van der Waals surface area (Å²) in [5, 5.41) is 0. The van der Waals surface area contributed by atoms with Crippen LogP contribution in [0.15, 0.2) is 40.9 Å². The van der Waals surface area contributed by atoms with E-state index >= 15 is 0 Å². The Hall–Kier alpha value is -2.09. The Balaban J connectivity index is 2.46. The number of alkyl halides is 3. The van der Waals surface area contributed by atoms with Crippen molar-refractivity contribution in [1.29, 1.82) is 0 Å². The summed E-state index contributed by atoms with van der Waals surface area (Å²) in [6.07, 6.45) is -4.65. The minimum absolute atomic E-state index is 0.221. The normalized spacial score (nSPS) is 11.2. The van der Waals surface area contributed by atoms with Crippen molar-refractivity contribution < 1.29 is 22.7 Å². The minimum Gasteiger partial charge on any atom is -0.438 e. The molecule has 0 saturated heterocycles. The average molecular weight is 361 g/mol. The summed E-state index contributed by atoms with van der Waals surface area (Å²) >= 11 is 3.20. The van der Waals surface area contributed by atoms with Gasteiger partial charge in [0.2, 0.25) is 5.88 Å². The highest BCUT2D eigenvalue weighted by Gasteiger charge is 2.33. The highest BCUT2D eigenvalue weighted by Crippen LogP contribution is 2.32. The van der Waals surface area contributed by atoms with Gasteiger partial charge < -0.3 is 10.5 Å². The summed E-state index contributed by atoms with van der Waals surface area (Å²) < 4.78 is 43.9. The maximum Gasteiger partial charge on any atom is 0.433 e. The Morgan fingerprint density at radius 2 is 1.95 bits per heavy atom. The summed E-state index contributed by atoms with van der Waals surface area (Å²) in [5.41, 5.74) is 3.71. The lowest BCUT2D eigenvalue weighted by molar-refractivity contribution is -0.141. The zero-order valence-electron chi connectivity index (χ0n) is 10.3. The van der Waals surface area contributed by atoms with E-state index in [1.165, 1.54) is 12.1 Å². The van der Waals surface area contributed by atoms with E-state index in [1.807, 2.05) is 0 Å². The number of ether oxygens (including phenoxy) is 1. The molecular weight excluding hydrogens is 353 g/mol.